The molecule has 4 heteroatoms. The molecule has 2 aromatic rings. The lowest BCUT2D eigenvalue weighted by Crippen LogP contribution is -1.95. The minimum atomic E-state index is 0.203. The predicted molar refractivity (Wildman–Crippen MR) is 61.1 cm³/mol. The SMILES string of the molecule is NCc1cc(COc2cccc(O)c2)c[nH]1. The van der Waals surface area contributed by atoms with Crippen LogP contribution in [0, 0.1) is 0 Å². The summed E-state index contributed by atoms with van der Waals surface area (Å²) in [7, 11) is 0. The van der Waals surface area contributed by atoms with Crippen molar-refractivity contribution in [1.29, 1.82) is 0 Å². The number of nitrogens with one attached hydrogen (secondary N) is 1. The van der Waals surface area contributed by atoms with Gasteiger partial charge in [-0.2, -0.15) is 0 Å². The number of ether oxygens (including phenoxy) is 1. The number of aromatic hydroxyl groups is 1. The van der Waals surface area contributed by atoms with E-state index >= 15 is 0 Å². The summed E-state index contributed by atoms with van der Waals surface area (Å²) in [4.78, 5) is 3.05. The Bertz CT molecular complexity index is 466. The van der Waals surface area contributed by atoms with E-state index < -0.39 is 0 Å². The Kier molecular flexibility index (Phi) is 3.12. The van der Waals surface area contributed by atoms with Gasteiger partial charge in [-0.1, -0.05) is 6.07 Å². The maximum absolute atomic E-state index is 9.25. The van der Waals surface area contributed by atoms with Crippen LogP contribution in [-0.4, -0.2) is 10.1 Å². The second kappa shape index (κ2) is 4.72. The highest BCUT2D eigenvalue weighted by Crippen LogP contribution is 2.18. The van der Waals surface area contributed by atoms with Crippen molar-refractivity contribution in [2.24, 2.45) is 5.73 Å². The van der Waals surface area contributed by atoms with Gasteiger partial charge in [-0.15, -0.1) is 0 Å². The molecule has 1 aromatic heterocycles. The first kappa shape index (κ1) is 10.6. The summed E-state index contributed by atoms with van der Waals surface area (Å²) in [5, 5.41) is 9.25. The molecule has 0 unspecified atom stereocenters. The largest absolute Gasteiger partial charge is 0.508 e. The van der Waals surface area contributed by atoms with E-state index in [4.69, 9.17) is 10.5 Å². The lowest BCUT2D eigenvalue weighted by atomic mass is 10.3. The van der Waals surface area contributed by atoms with E-state index in [0.717, 1.165) is 11.3 Å². The molecule has 1 aromatic carbocycles. The smallest absolute Gasteiger partial charge is 0.123 e. The van der Waals surface area contributed by atoms with Crippen LogP contribution in [0.5, 0.6) is 11.5 Å². The molecule has 0 fully saturated rings. The summed E-state index contributed by atoms with van der Waals surface area (Å²) in [6, 6.07) is 8.69. The average Bonchev–Trinajstić information content (AvgIpc) is 2.74. The number of nitrogens with two attached hydrogens (primary N) is 1. The van der Waals surface area contributed by atoms with Crippen LogP contribution in [0.15, 0.2) is 36.5 Å². The molecule has 0 saturated heterocycles. The van der Waals surface area contributed by atoms with E-state index in [1.807, 2.05) is 12.3 Å². The molecule has 0 radical (unpaired) electrons. The molecule has 0 saturated carbocycles. The van der Waals surface area contributed by atoms with Crippen LogP contribution >= 0.6 is 0 Å². The van der Waals surface area contributed by atoms with Gasteiger partial charge in [0.15, 0.2) is 0 Å². The van der Waals surface area contributed by atoms with E-state index in [9.17, 15) is 5.11 Å². The first-order valence-electron chi connectivity index (χ1n) is 5.06. The molecular formula is C12H14N2O2. The van der Waals surface area contributed by atoms with Crippen LogP contribution in [0.3, 0.4) is 0 Å². The maximum atomic E-state index is 9.25. The topological polar surface area (TPSA) is 71.3 Å². The molecule has 0 spiro atoms. The molecule has 0 bridgehead atoms. The highest BCUT2D eigenvalue weighted by Gasteiger charge is 1.99. The summed E-state index contributed by atoms with van der Waals surface area (Å²) in [6.45, 7) is 0.950. The second-order valence-corrected chi connectivity index (χ2v) is 3.52. The van der Waals surface area contributed by atoms with Crippen molar-refractivity contribution in [2.75, 3.05) is 0 Å². The standard InChI is InChI=1S/C12H14N2O2/c13-6-10-4-9(7-14-10)8-16-12-3-1-2-11(15)5-12/h1-5,7,14-15H,6,8,13H2. The van der Waals surface area contributed by atoms with Crippen molar-refractivity contribution >= 4 is 0 Å². The number of aromatic amines is 1. The fourth-order valence-electron chi connectivity index (χ4n) is 1.43. The van der Waals surface area contributed by atoms with Gasteiger partial charge >= 0.3 is 0 Å². The maximum Gasteiger partial charge on any atom is 0.123 e. The van der Waals surface area contributed by atoms with Gasteiger partial charge in [-0.05, 0) is 18.2 Å². The zero-order valence-corrected chi connectivity index (χ0v) is 8.81. The average molecular weight is 218 g/mol. The van der Waals surface area contributed by atoms with E-state index in [1.165, 1.54) is 0 Å². The van der Waals surface area contributed by atoms with E-state index in [1.54, 1.807) is 24.3 Å². The molecule has 16 heavy (non-hydrogen) atoms. The Balaban J connectivity index is 1.96. The Morgan fingerprint density at radius 2 is 2.19 bits per heavy atom. The third kappa shape index (κ3) is 2.55. The summed E-state index contributed by atoms with van der Waals surface area (Å²) in [6.07, 6.45) is 1.87. The molecule has 0 atom stereocenters. The van der Waals surface area contributed by atoms with Gasteiger partial charge in [0.2, 0.25) is 0 Å². The van der Waals surface area contributed by atoms with E-state index in [0.29, 0.717) is 18.9 Å². The number of benzene rings is 1. The zero-order chi connectivity index (χ0) is 11.4. The first-order valence-corrected chi connectivity index (χ1v) is 5.06. The van der Waals surface area contributed by atoms with Crippen molar-refractivity contribution in [3.63, 3.8) is 0 Å². The Morgan fingerprint density at radius 1 is 1.31 bits per heavy atom. The van der Waals surface area contributed by atoms with Gasteiger partial charge in [0.1, 0.15) is 18.1 Å². The highest BCUT2D eigenvalue weighted by atomic mass is 16.5. The molecule has 0 amide bonds. The van der Waals surface area contributed by atoms with Crippen LogP contribution in [0.1, 0.15) is 11.3 Å². The Hall–Kier alpha value is -1.94. The lowest BCUT2D eigenvalue weighted by Gasteiger charge is -2.04. The van der Waals surface area contributed by atoms with Crippen molar-refractivity contribution < 1.29 is 9.84 Å². The quantitative estimate of drug-likeness (QED) is 0.732. The van der Waals surface area contributed by atoms with Crippen LogP contribution < -0.4 is 10.5 Å². The fourth-order valence-corrected chi connectivity index (χ4v) is 1.43. The molecule has 4 nitrogen and oxygen atoms in total. The number of hydrogen-bond donors (Lipinski definition) is 3. The molecule has 0 aliphatic rings. The molecule has 84 valence electrons. The minimum absolute atomic E-state index is 0.203. The summed E-state index contributed by atoms with van der Waals surface area (Å²) in [5.41, 5.74) is 7.50. The van der Waals surface area contributed by atoms with Crippen molar-refractivity contribution in [3.8, 4) is 11.5 Å². The Morgan fingerprint density at radius 3 is 2.88 bits per heavy atom. The summed E-state index contributed by atoms with van der Waals surface area (Å²) < 4.78 is 5.51. The van der Waals surface area contributed by atoms with Gasteiger partial charge in [-0.3, -0.25) is 0 Å². The predicted octanol–water partition coefficient (Wildman–Crippen LogP) is 1.76. The molecular weight excluding hydrogens is 204 g/mol. The molecule has 1 heterocycles. The van der Waals surface area contributed by atoms with Gasteiger partial charge < -0.3 is 20.6 Å². The summed E-state index contributed by atoms with van der Waals surface area (Å²) in [5.74, 6) is 0.852. The van der Waals surface area contributed by atoms with Crippen molar-refractivity contribution in [1.82, 2.24) is 4.98 Å². The first-order chi connectivity index (χ1) is 7.78. The molecule has 2 rings (SSSR count). The number of hydrogen-bond acceptors (Lipinski definition) is 3. The Labute approximate surface area is 93.7 Å². The van der Waals surface area contributed by atoms with Crippen molar-refractivity contribution in [2.45, 2.75) is 13.2 Å². The zero-order valence-electron chi connectivity index (χ0n) is 8.81. The van der Waals surface area contributed by atoms with Crippen LogP contribution in [0.25, 0.3) is 0 Å². The van der Waals surface area contributed by atoms with E-state index in [2.05, 4.69) is 4.98 Å². The summed E-state index contributed by atoms with van der Waals surface area (Å²) >= 11 is 0. The number of rotatable bonds is 4. The fraction of sp³-hybridized carbons (Fsp3) is 0.167. The third-order valence-corrected chi connectivity index (χ3v) is 2.25. The van der Waals surface area contributed by atoms with E-state index in [-0.39, 0.29) is 5.75 Å². The van der Waals surface area contributed by atoms with Gasteiger partial charge in [0.05, 0.1) is 0 Å². The van der Waals surface area contributed by atoms with Gasteiger partial charge in [-0.25, -0.2) is 0 Å². The highest BCUT2D eigenvalue weighted by molar-refractivity contribution is 5.32. The number of aromatic nitrogens is 1. The molecule has 4 N–H and O–H groups in total. The number of phenolic OH excluding ortho intramolecular Hbond substituents is 1. The molecule has 0 aliphatic carbocycles. The minimum Gasteiger partial charge on any atom is -0.508 e. The van der Waals surface area contributed by atoms with Crippen LogP contribution in [-0.2, 0) is 13.2 Å². The monoisotopic (exact) mass is 218 g/mol. The van der Waals surface area contributed by atoms with Gasteiger partial charge in [0.25, 0.3) is 0 Å². The van der Waals surface area contributed by atoms with Crippen LogP contribution in [0.2, 0.25) is 0 Å². The van der Waals surface area contributed by atoms with Crippen molar-refractivity contribution in [3.05, 3.63) is 47.8 Å². The normalized spacial score (nSPS) is 10.3. The van der Waals surface area contributed by atoms with Gasteiger partial charge in [0, 0.05) is 30.1 Å². The molecule has 0 aliphatic heterocycles. The number of H-pyrrole nitrogens is 1. The third-order valence-electron chi connectivity index (χ3n) is 2.25. The van der Waals surface area contributed by atoms with Crippen LogP contribution in [0.4, 0.5) is 0 Å². The number of phenols is 1. The second-order valence-electron chi connectivity index (χ2n) is 3.52. The lowest BCUT2D eigenvalue weighted by molar-refractivity contribution is 0.304.